The standard InChI is InChI=1S/C13H16INO/c1-8(2)15-7-12-9(3)10-5-4-6-11(14)13(10)16-12/h4-6,8,15H,7H2,1-3H3. The van der Waals surface area contributed by atoms with Crippen molar-refractivity contribution in [3.05, 3.63) is 33.1 Å². The Labute approximate surface area is 110 Å². The van der Waals surface area contributed by atoms with Crippen LogP contribution in [-0.2, 0) is 6.54 Å². The SMILES string of the molecule is Cc1c(CNC(C)C)oc2c(I)cccc12. The molecule has 1 aromatic heterocycles. The summed E-state index contributed by atoms with van der Waals surface area (Å²) < 4.78 is 7.08. The fraction of sp³-hybridized carbons (Fsp3) is 0.385. The summed E-state index contributed by atoms with van der Waals surface area (Å²) in [6.07, 6.45) is 0. The van der Waals surface area contributed by atoms with Crippen molar-refractivity contribution in [3.63, 3.8) is 0 Å². The van der Waals surface area contributed by atoms with E-state index in [0.717, 1.165) is 17.9 Å². The molecular formula is C13H16INO. The summed E-state index contributed by atoms with van der Waals surface area (Å²) in [6.45, 7) is 7.21. The number of fused-ring (bicyclic) bond motifs is 1. The molecule has 1 aromatic carbocycles. The predicted molar refractivity (Wildman–Crippen MR) is 75.6 cm³/mol. The monoisotopic (exact) mass is 329 g/mol. The van der Waals surface area contributed by atoms with Gasteiger partial charge in [-0.1, -0.05) is 26.0 Å². The van der Waals surface area contributed by atoms with Crippen molar-refractivity contribution in [1.29, 1.82) is 0 Å². The van der Waals surface area contributed by atoms with E-state index >= 15 is 0 Å². The first-order chi connectivity index (χ1) is 7.59. The van der Waals surface area contributed by atoms with E-state index in [4.69, 9.17) is 4.42 Å². The van der Waals surface area contributed by atoms with Gasteiger partial charge in [0.25, 0.3) is 0 Å². The van der Waals surface area contributed by atoms with Gasteiger partial charge in [-0.2, -0.15) is 0 Å². The lowest BCUT2D eigenvalue weighted by Gasteiger charge is -2.05. The van der Waals surface area contributed by atoms with Crippen molar-refractivity contribution in [3.8, 4) is 0 Å². The van der Waals surface area contributed by atoms with Crippen LogP contribution in [0.4, 0.5) is 0 Å². The maximum absolute atomic E-state index is 5.91. The number of furan rings is 1. The minimum Gasteiger partial charge on any atom is -0.458 e. The largest absolute Gasteiger partial charge is 0.458 e. The van der Waals surface area contributed by atoms with E-state index in [9.17, 15) is 0 Å². The van der Waals surface area contributed by atoms with Gasteiger partial charge in [0.05, 0.1) is 10.1 Å². The first-order valence-electron chi connectivity index (χ1n) is 5.49. The third kappa shape index (κ3) is 2.25. The summed E-state index contributed by atoms with van der Waals surface area (Å²) in [7, 11) is 0. The topological polar surface area (TPSA) is 25.2 Å². The zero-order chi connectivity index (χ0) is 11.7. The molecule has 1 N–H and O–H groups in total. The van der Waals surface area contributed by atoms with Crippen LogP contribution in [0.25, 0.3) is 11.0 Å². The predicted octanol–water partition coefficient (Wildman–Crippen LogP) is 3.84. The van der Waals surface area contributed by atoms with E-state index < -0.39 is 0 Å². The summed E-state index contributed by atoms with van der Waals surface area (Å²) in [5.41, 5.74) is 2.27. The van der Waals surface area contributed by atoms with Gasteiger partial charge in [0.2, 0.25) is 0 Å². The molecule has 2 rings (SSSR count). The molecule has 0 aliphatic rings. The maximum Gasteiger partial charge on any atom is 0.147 e. The smallest absolute Gasteiger partial charge is 0.147 e. The van der Waals surface area contributed by atoms with Gasteiger partial charge < -0.3 is 9.73 Å². The highest BCUT2D eigenvalue weighted by molar-refractivity contribution is 14.1. The van der Waals surface area contributed by atoms with Crippen molar-refractivity contribution in [2.75, 3.05) is 0 Å². The minimum atomic E-state index is 0.478. The van der Waals surface area contributed by atoms with E-state index in [1.54, 1.807) is 0 Å². The number of halogens is 1. The molecular weight excluding hydrogens is 313 g/mol. The van der Waals surface area contributed by atoms with E-state index in [2.05, 4.69) is 66.9 Å². The molecule has 0 aliphatic carbocycles. The average molecular weight is 329 g/mol. The molecule has 0 saturated heterocycles. The van der Waals surface area contributed by atoms with Gasteiger partial charge in [-0.3, -0.25) is 0 Å². The van der Waals surface area contributed by atoms with Crippen molar-refractivity contribution >= 4 is 33.6 Å². The molecule has 2 aromatic rings. The molecule has 0 bridgehead atoms. The molecule has 0 fully saturated rings. The van der Waals surface area contributed by atoms with Crippen LogP contribution in [0.1, 0.15) is 25.2 Å². The van der Waals surface area contributed by atoms with Crippen molar-refractivity contribution in [2.24, 2.45) is 0 Å². The molecule has 86 valence electrons. The summed E-state index contributed by atoms with van der Waals surface area (Å²) in [5.74, 6) is 1.05. The molecule has 3 heteroatoms. The Kier molecular flexibility index (Phi) is 3.54. The normalized spacial score (nSPS) is 11.6. The molecule has 0 unspecified atom stereocenters. The van der Waals surface area contributed by atoms with E-state index in [0.29, 0.717) is 6.04 Å². The van der Waals surface area contributed by atoms with Crippen molar-refractivity contribution < 1.29 is 4.42 Å². The first kappa shape index (κ1) is 11.9. The average Bonchev–Trinajstić information content (AvgIpc) is 2.55. The van der Waals surface area contributed by atoms with Gasteiger partial charge in [0.1, 0.15) is 11.3 Å². The number of hydrogen-bond acceptors (Lipinski definition) is 2. The lowest BCUT2D eigenvalue weighted by molar-refractivity contribution is 0.484. The van der Waals surface area contributed by atoms with Crippen LogP contribution in [0.3, 0.4) is 0 Å². The Hall–Kier alpha value is -0.550. The van der Waals surface area contributed by atoms with Crippen LogP contribution < -0.4 is 5.32 Å². The Morgan fingerprint density at radius 1 is 1.38 bits per heavy atom. The summed E-state index contributed by atoms with van der Waals surface area (Å²) in [4.78, 5) is 0. The molecule has 0 saturated carbocycles. The third-order valence-corrected chi connectivity index (χ3v) is 3.53. The lowest BCUT2D eigenvalue weighted by Crippen LogP contribution is -2.21. The van der Waals surface area contributed by atoms with Gasteiger partial charge in [-0.05, 0) is 41.1 Å². The highest BCUT2D eigenvalue weighted by atomic mass is 127. The van der Waals surface area contributed by atoms with E-state index in [-0.39, 0.29) is 0 Å². The van der Waals surface area contributed by atoms with Crippen LogP contribution in [0.5, 0.6) is 0 Å². The highest BCUT2D eigenvalue weighted by Crippen LogP contribution is 2.28. The van der Waals surface area contributed by atoms with Crippen LogP contribution >= 0.6 is 22.6 Å². The molecule has 2 nitrogen and oxygen atoms in total. The second kappa shape index (κ2) is 4.75. The molecule has 0 radical (unpaired) electrons. The number of rotatable bonds is 3. The first-order valence-corrected chi connectivity index (χ1v) is 6.57. The second-order valence-corrected chi connectivity index (χ2v) is 5.46. The minimum absolute atomic E-state index is 0.478. The fourth-order valence-electron chi connectivity index (χ4n) is 1.72. The quantitative estimate of drug-likeness (QED) is 0.866. The molecule has 1 heterocycles. The van der Waals surface area contributed by atoms with E-state index in [1.165, 1.54) is 14.5 Å². The Balaban J connectivity index is 2.40. The Bertz CT molecular complexity index is 502. The van der Waals surface area contributed by atoms with Crippen LogP contribution in [-0.4, -0.2) is 6.04 Å². The fourth-order valence-corrected chi connectivity index (χ4v) is 2.33. The number of nitrogens with one attached hydrogen (secondary N) is 1. The van der Waals surface area contributed by atoms with Gasteiger partial charge >= 0.3 is 0 Å². The maximum atomic E-state index is 5.91. The van der Waals surface area contributed by atoms with Crippen LogP contribution in [0.2, 0.25) is 0 Å². The van der Waals surface area contributed by atoms with Gasteiger partial charge in [-0.15, -0.1) is 0 Å². The Morgan fingerprint density at radius 3 is 2.75 bits per heavy atom. The van der Waals surface area contributed by atoms with Crippen molar-refractivity contribution in [2.45, 2.75) is 33.4 Å². The van der Waals surface area contributed by atoms with Gasteiger partial charge in [0.15, 0.2) is 0 Å². The number of aryl methyl sites for hydroxylation is 1. The second-order valence-electron chi connectivity index (χ2n) is 4.30. The summed E-state index contributed by atoms with van der Waals surface area (Å²) >= 11 is 2.32. The number of para-hydroxylation sites is 1. The third-order valence-electron chi connectivity index (χ3n) is 2.69. The lowest BCUT2D eigenvalue weighted by atomic mass is 10.1. The molecule has 16 heavy (non-hydrogen) atoms. The van der Waals surface area contributed by atoms with Gasteiger partial charge in [-0.25, -0.2) is 0 Å². The summed E-state index contributed by atoms with van der Waals surface area (Å²) in [6, 6.07) is 6.75. The molecule has 0 aliphatic heterocycles. The highest BCUT2D eigenvalue weighted by Gasteiger charge is 2.12. The number of benzene rings is 1. The van der Waals surface area contributed by atoms with E-state index in [1.807, 2.05) is 0 Å². The van der Waals surface area contributed by atoms with Crippen LogP contribution in [0.15, 0.2) is 22.6 Å². The molecule has 0 spiro atoms. The molecule has 0 amide bonds. The zero-order valence-corrected chi connectivity index (χ0v) is 12.0. The summed E-state index contributed by atoms with van der Waals surface area (Å²) in [5, 5.41) is 4.62. The number of hydrogen-bond donors (Lipinski definition) is 1. The molecule has 0 atom stereocenters. The zero-order valence-electron chi connectivity index (χ0n) is 9.80. The van der Waals surface area contributed by atoms with Gasteiger partial charge in [0, 0.05) is 11.4 Å². The Morgan fingerprint density at radius 2 is 2.12 bits per heavy atom. The van der Waals surface area contributed by atoms with Crippen LogP contribution in [0, 0.1) is 10.5 Å². The van der Waals surface area contributed by atoms with Crippen molar-refractivity contribution in [1.82, 2.24) is 5.32 Å².